The second-order valence-electron chi connectivity index (χ2n) is 4.56. The van der Waals surface area contributed by atoms with Crippen molar-refractivity contribution in [2.75, 3.05) is 12.1 Å². The quantitative estimate of drug-likeness (QED) is 0.394. The number of rotatable bonds is 5. The van der Waals surface area contributed by atoms with Crippen LogP contribution in [0, 0.1) is 10.1 Å². The lowest BCUT2D eigenvalue weighted by atomic mass is 10.1. The second kappa shape index (κ2) is 6.68. The SMILES string of the molecule is COc1ccc(N(N)C(=O)Cc2ccc([N+](=O)[O-])cc2)cc1. The maximum atomic E-state index is 12.1. The number of amides is 1. The Morgan fingerprint density at radius 3 is 2.27 bits per heavy atom. The molecule has 0 aliphatic rings. The van der Waals surface area contributed by atoms with E-state index in [0.717, 1.165) is 5.01 Å². The summed E-state index contributed by atoms with van der Waals surface area (Å²) in [7, 11) is 1.55. The normalized spacial score (nSPS) is 10.1. The van der Waals surface area contributed by atoms with Crippen LogP contribution in [0.1, 0.15) is 5.56 Å². The molecule has 0 aliphatic heterocycles. The molecule has 0 spiro atoms. The van der Waals surface area contributed by atoms with Crippen molar-refractivity contribution in [3.63, 3.8) is 0 Å². The molecule has 2 N–H and O–H groups in total. The molecule has 7 heteroatoms. The van der Waals surface area contributed by atoms with Crippen molar-refractivity contribution in [2.45, 2.75) is 6.42 Å². The van der Waals surface area contributed by atoms with Crippen LogP contribution in [-0.4, -0.2) is 17.9 Å². The van der Waals surface area contributed by atoms with E-state index in [-0.39, 0.29) is 18.0 Å². The Labute approximate surface area is 127 Å². The van der Waals surface area contributed by atoms with Crippen LogP contribution in [0.4, 0.5) is 11.4 Å². The van der Waals surface area contributed by atoms with Gasteiger partial charge >= 0.3 is 0 Å². The molecule has 0 heterocycles. The number of carbonyl (C=O) groups excluding carboxylic acids is 1. The molecule has 2 aromatic rings. The molecule has 0 bridgehead atoms. The highest BCUT2D eigenvalue weighted by atomic mass is 16.6. The molecule has 2 aromatic carbocycles. The first-order chi connectivity index (χ1) is 10.5. The van der Waals surface area contributed by atoms with Crippen molar-refractivity contribution in [2.24, 2.45) is 5.84 Å². The molecule has 1 amide bonds. The van der Waals surface area contributed by atoms with Crippen molar-refractivity contribution in [3.05, 3.63) is 64.2 Å². The molecule has 114 valence electrons. The van der Waals surface area contributed by atoms with Crippen LogP contribution in [0.3, 0.4) is 0 Å². The number of nitrogens with zero attached hydrogens (tertiary/aromatic N) is 2. The number of nitrogens with two attached hydrogens (primary N) is 1. The fourth-order valence-electron chi connectivity index (χ4n) is 1.88. The number of non-ortho nitro benzene ring substituents is 1. The first-order valence-corrected chi connectivity index (χ1v) is 6.46. The molecule has 0 aromatic heterocycles. The predicted molar refractivity (Wildman–Crippen MR) is 81.5 cm³/mol. The summed E-state index contributed by atoms with van der Waals surface area (Å²) in [4.78, 5) is 22.2. The van der Waals surface area contributed by atoms with E-state index < -0.39 is 4.92 Å². The summed E-state index contributed by atoms with van der Waals surface area (Å²) in [6.45, 7) is 0. The summed E-state index contributed by atoms with van der Waals surface area (Å²) in [6, 6.07) is 12.5. The standard InChI is InChI=1S/C15H15N3O4/c1-22-14-8-6-12(7-9-14)17(16)15(19)10-11-2-4-13(5-3-11)18(20)21/h2-9H,10,16H2,1H3. The van der Waals surface area contributed by atoms with Crippen molar-refractivity contribution < 1.29 is 14.5 Å². The van der Waals surface area contributed by atoms with Gasteiger partial charge in [0.2, 0.25) is 5.91 Å². The van der Waals surface area contributed by atoms with Gasteiger partial charge in [-0.05, 0) is 29.8 Å². The second-order valence-corrected chi connectivity index (χ2v) is 4.56. The summed E-state index contributed by atoms with van der Waals surface area (Å²) < 4.78 is 5.04. The summed E-state index contributed by atoms with van der Waals surface area (Å²) in [6.07, 6.45) is 0.0561. The number of methoxy groups -OCH3 is 1. The number of hydrazine groups is 1. The molecular weight excluding hydrogens is 286 g/mol. The average molecular weight is 301 g/mol. The molecule has 0 atom stereocenters. The van der Waals surface area contributed by atoms with Crippen LogP contribution in [0.15, 0.2) is 48.5 Å². The molecule has 22 heavy (non-hydrogen) atoms. The van der Waals surface area contributed by atoms with E-state index in [2.05, 4.69) is 0 Å². The Hall–Kier alpha value is -2.93. The fraction of sp³-hybridized carbons (Fsp3) is 0.133. The third-order valence-electron chi connectivity index (χ3n) is 3.12. The monoisotopic (exact) mass is 301 g/mol. The van der Waals surface area contributed by atoms with Crippen LogP contribution in [0.25, 0.3) is 0 Å². The predicted octanol–water partition coefficient (Wildman–Crippen LogP) is 2.05. The third kappa shape index (κ3) is 3.58. The van der Waals surface area contributed by atoms with E-state index in [1.165, 1.54) is 24.3 Å². The van der Waals surface area contributed by atoms with Gasteiger partial charge in [0, 0.05) is 12.1 Å². The molecule has 0 unspecified atom stereocenters. The van der Waals surface area contributed by atoms with Gasteiger partial charge in [0.05, 0.1) is 24.1 Å². The summed E-state index contributed by atoms with van der Waals surface area (Å²) in [5.41, 5.74) is 1.17. The third-order valence-corrected chi connectivity index (χ3v) is 3.12. The van der Waals surface area contributed by atoms with Gasteiger partial charge in [-0.1, -0.05) is 12.1 Å². The van der Waals surface area contributed by atoms with Gasteiger partial charge in [-0.25, -0.2) is 10.9 Å². The average Bonchev–Trinajstić information content (AvgIpc) is 2.54. The Balaban J connectivity index is 2.05. The van der Waals surface area contributed by atoms with E-state index in [1.807, 2.05) is 0 Å². The summed E-state index contributed by atoms with van der Waals surface area (Å²) in [5, 5.41) is 11.6. The first kappa shape index (κ1) is 15.5. The number of hydrogen-bond donors (Lipinski definition) is 1. The van der Waals surface area contributed by atoms with Gasteiger partial charge in [-0.15, -0.1) is 0 Å². The lowest BCUT2D eigenvalue weighted by Crippen LogP contribution is -2.38. The minimum atomic E-state index is -0.488. The first-order valence-electron chi connectivity index (χ1n) is 6.46. The van der Waals surface area contributed by atoms with E-state index >= 15 is 0 Å². The summed E-state index contributed by atoms with van der Waals surface area (Å²) in [5.74, 6) is 6.14. The molecule has 0 fully saturated rings. The maximum absolute atomic E-state index is 12.1. The Morgan fingerprint density at radius 1 is 1.18 bits per heavy atom. The van der Waals surface area contributed by atoms with Gasteiger partial charge in [0.25, 0.3) is 5.69 Å². The van der Waals surface area contributed by atoms with Crippen LogP contribution < -0.4 is 15.6 Å². The van der Waals surface area contributed by atoms with Gasteiger partial charge in [-0.2, -0.15) is 0 Å². The van der Waals surface area contributed by atoms with Crippen LogP contribution in [0.2, 0.25) is 0 Å². The number of hydrogen-bond acceptors (Lipinski definition) is 5. The number of anilines is 1. The molecule has 0 saturated heterocycles. The van der Waals surface area contributed by atoms with Crippen LogP contribution in [0.5, 0.6) is 5.75 Å². The summed E-state index contributed by atoms with van der Waals surface area (Å²) >= 11 is 0. The highest BCUT2D eigenvalue weighted by Crippen LogP contribution is 2.18. The fourth-order valence-corrected chi connectivity index (χ4v) is 1.88. The molecule has 0 aliphatic carbocycles. The topological polar surface area (TPSA) is 98.7 Å². The zero-order chi connectivity index (χ0) is 16.1. The van der Waals surface area contributed by atoms with Crippen molar-refractivity contribution in [1.29, 1.82) is 0 Å². The zero-order valence-corrected chi connectivity index (χ0v) is 11.9. The lowest BCUT2D eigenvalue weighted by molar-refractivity contribution is -0.384. The number of carbonyl (C=O) groups is 1. The van der Waals surface area contributed by atoms with Crippen molar-refractivity contribution in [3.8, 4) is 5.75 Å². The minimum Gasteiger partial charge on any atom is -0.497 e. The van der Waals surface area contributed by atoms with E-state index in [1.54, 1.807) is 31.4 Å². The highest BCUT2D eigenvalue weighted by molar-refractivity contribution is 5.93. The number of benzene rings is 2. The van der Waals surface area contributed by atoms with E-state index in [0.29, 0.717) is 17.0 Å². The highest BCUT2D eigenvalue weighted by Gasteiger charge is 2.13. The largest absolute Gasteiger partial charge is 0.497 e. The number of nitro groups is 1. The van der Waals surface area contributed by atoms with Gasteiger partial charge < -0.3 is 4.74 Å². The smallest absolute Gasteiger partial charge is 0.269 e. The van der Waals surface area contributed by atoms with Gasteiger partial charge in [0.1, 0.15) is 5.75 Å². The Bertz CT molecular complexity index is 668. The molecule has 2 rings (SSSR count). The Morgan fingerprint density at radius 2 is 1.77 bits per heavy atom. The van der Waals surface area contributed by atoms with Crippen molar-refractivity contribution in [1.82, 2.24) is 0 Å². The van der Waals surface area contributed by atoms with Crippen molar-refractivity contribution >= 4 is 17.3 Å². The zero-order valence-electron chi connectivity index (χ0n) is 11.9. The maximum Gasteiger partial charge on any atom is 0.269 e. The number of nitro benzene ring substituents is 1. The lowest BCUT2D eigenvalue weighted by Gasteiger charge is -2.17. The van der Waals surface area contributed by atoms with Gasteiger partial charge in [0.15, 0.2) is 0 Å². The molecular formula is C15H15N3O4. The molecule has 0 radical (unpaired) electrons. The minimum absolute atomic E-state index is 0.0176. The molecule has 0 saturated carbocycles. The Kier molecular flexibility index (Phi) is 4.70. The van der Waals surface area contributed by atoms with E-state index in [4.69, 9.17) is 10.6 Å². The molecule has 7 nitrogen and oxygen atoms in total. The number of ether oxygens (including phenoxy) is 1. The van der Waals surface area contributed by atoms with Gasteiger partial charge in [-0.3, -0.25) is 14.9 Å². The van der Waals surface area contributed by atoms with E-state index in [9.17, 15) is 14.9 Å². The van der Waals surface area contributed by atoms with Crippen LogP contribution >= 0.6 is 0 Å². The van der Waals surface area contributed by atoms with Crippen LogP contribution in [-0.2, 0) is 11.2 Å².